The molecule has 36 heavy (non-hydrogen) atoms. The van der Waals surface area contributed by atoms with Gasteiger partial charge in [0.2, 0.25) is 11.9 Å². The standard InChI is InChI=1S/C28H35N5O3/c1-3-36-23-6-7-25-24(17-23)19(2)30-28(31-25)33-15-10-21(11-16-33)27(35)32-13-8-20(9-14-32)26(34)22-5-4-12-29-18-22/h4-7,12,17-18,20-21,26,34H,3,8-11,13-16H2,1-2H3/t26-/m1/s1. The molecule has 0 saturated carbocycles. The molecule has 8 heteroatoms. The fourth-order valence-electron chi connectivity index (χ4n) is 5.49. The number of carbonyl (C=O) groups is 1. The molecule has 1 amide bonds. The van der Waals surface area contributed by atoms with E-state index in [4.69, 9.17) is 14.7 Å². The van der Waals surface area contributed by atoms with E-state index in [-0.39, 0.29) is 17.7 Å². The van der Waals surface area contributed by atoms with Crippen LogP contribution in [0, 0.1) is 18.8 Å². The number of aromatic nitrogens is 3. The second-order valence-corrected chi connectivity index (χ2v) is 9.88. The summed E-state index contributed by atoms with van der Waals surface area (Å²) >= 11 is 0. The Labute approximate surface area is 212 Å². The van der Waals surface area contributed by atoms with E-state index in [1.807, 2.05) is 49.1 Å². The third kappa shape index (κ3) is 5.14. The second-order valence-electron chi connectivity index (χ2n) is 9.88. The zero-order valence-electron chi connectivity index (χ0n) is 21.1. The summed E-state index contributed by atoms with van der Waals surface area (Å²) in [5.41, 5.74) is 2.71. The smallest absolute Gasteiger partial charge is 0.226 e. The van der Waals surface area contributed by atoms with Crippen molar-refractivity contribution < 1.29 is 14.6 Å². The lowest BCUT2D eigenvalue weighted by molar-refractivity contribution is -0.138. The Morgan fingerprint density at radius 1 is 1.11 bits per heavy atom. The first kappa shape index (κ1) is 24.4. The zero-order valence-corrected chi connectivity index (χ0v) is 21.1. The van der Waals surface area contributed by atoms with Crippen LogP contribution in [0.4, 0.5) is 5.95 Å². The third-order valence-electron chi connectivity index (χ3n) is 7.61. The number of pyridine rings is 1. The quantitative estimate of drug-likeness (QED) is 0.561. The van der Waals surface area contributed by atoms with Crippen LogP contribution in [0.3, 0.4) is 0 Å². The molecule has 2 aromatic heterocycles. The number of likely N-dealkylation sites (tertiary alicyclic amines) is 1. The van der Waals surface area contributed by atoms with E-state index in [2.05, 4.69) is 9.88 Å². The molecule has 2 aliphatic heterocycles. The molecule has 0 aliphatic carbocycles. The average molecular weight is 490 g/mol. The van der Waals surface area contributed by atoms with Gasteiger partial charge in [-0.3, -0.25) is 9.78 Å². The maximum atomic E-state index is 13.2. The molecular weight excluding hydrogens is 454 g/mol. The molecule has 3 aromatic rings. The van der Waals surface area contributed by atoms with Gasteiger partial charge >= 0.3 is 0 Å². The summed E-state index contributed by atoms with van der Waals surface area (Å²) in [6.45, 7) is 7.57. The Hall–Kier alpha value is -3.26. The number of carbonyl (C=O) groups excluding carboxylic acids is 1. The summed E-state index contributed by atoms with van der Waals surface area (Å²) in [6, 6.07) is 9.71. The predicted octanol–water partition coefficient (Wildman–Crippen LogP) is 3.92. The number of benzene rings is 1. The Kier molecular flexibility index (Phi) is 7.32. The van der Waals surface area contributed by atoms with Gasteiger partial charge in [0, 0.05) is 49.9 Å². The lowest BCUT2D eigenvalue weighted by Crippen LogP contribution is -2.46. The van der Waals surface area contributed by atoms with Crippen LogP contribution in [-0.2, 0) is 4.79 Å². The third-order valence-corrected chi connectivity index (χ3v) is 7.61. The molecule has 2 saturated heterocycles. The highest BCUT2D eigenvalue weighted by molar-refractivity contribution is 5.83. The van der Waals surface area contributed by atoms with Gasteiger partial charge in [0.25, 0.3) is 0 Å². The van der Waals surface area contributed by atoms with E-state index in [9.17, 15) is 9.90 Å². The van der Waals surface area contributed by atoms with Crippen molar-refractivity contribution in [3.05, 3.63) is 54.0 Å². The number of rotatable bonds is 6. The van der Waals surface area contributed by atoms with E-state index in [1.54, 1.807) is 12.4 Å². The van der Waals surface area contributed by atoms with Crippen molar-refractivity contribution in [3.63, 3.8) is 0 Å². The summed E-state index contributed by atoms with van der Waals surface area (Å²) in [6.07, 6.45) is 6.17. The van der Waals surface area contributed by atoms with Crippen LogP contribution in [-0.4, -0.2) is 63.7 Å². The molecule has 1 atom stereocenters. The first-order valence-electron chi connectivity index (χ1n) is 13.1. The lowest BCUT2D eigenvalue weighted by Gasteiger charge is -2.38. The lowest BCUT2D eigenvalue weighted by atomic mass is 9.87. The van der Waals surface area contributed by atoms with Crippen LogP contribution in [0.25, 0.3) is 10.9 Å². The molecule has 5 rings (SSSR count). The Bertz CT molecular complexity index is 1190. The van der Waals surface area contributed by atoms with Crippen molar-refractivity contribution in [2.24, 2.45) is 11.8 Å². The van der Waals surface area contributed by atoms with Gasteiger partial charge in [-0.2, -0.15) is 0 Å². The monoisotopic (exact) mass is 489 g/mol. The minimum Gasteiger partial charge on any atom is -0.494 e. The van der Waals surface area contributed by atoms with E-state index < -0.39 is 6.10 Å². The Morgan fingerprint density at radius 2 is 1.89 bits per heavy atom. The summed E-state index contributed by atoms with van der Waals surface area (Å²) in [5.74, 6) is 2.03. The van der Waals surface area contributed by atoms with Gasteiger partial charge < -0.3 is 19.6 Å². The number of anilines is 1. The first-order valence-corrected chi connectivity index (χ1v) is 13.1. The number of aliphatic hydroxyl groups excluding tert-OH is 1. The molecule has 2 aliphatic rings. The summed E-state index contributed by atoms with van der Waals surface area (Å²) in [4.78, 5) is 31.1. The molecule has 0 spiro atoms. The Morgan fingerprint density at radius 3 is 2.58 bits per heavy atom. The summed E-state index contributed by atoms with van der Waals surface area (Å²) < 4.78 is 5.62. The van der Waals surface area contributed by atoms with Crippen molar-refractivity contribution in [2.75, 3.05) is 37.7 Å². The zero-order chi connectivity index (χ0) is 25.1. The van der Waals surface area contributed by atoms with Gasteiger partial charge in [0.15, 0.2) is 0 Å². The van der Waals surface area contributed by atoms with E-state index >= 15 is 0 Å². The van der Waals surface area contributed by atoms with Crippen LogP contribution in [0.15, 0.2) is 42.7 Å². The number of ether oxygens (including phenoxy) is 1. The van der Waals surface area contributed by atoms with Crippen LogP contribution in [0.2, 0.25) is 0 Å². The van der Waals surface area contributed by atoms with Gasteiger partial charge in [0.05, 0.1) is 23.9 Å². The van der Waals surface area contributed by atoms with Crippen molar-refractivity contribution in [2.45, 2.75) is 45.6 Å². The van der Waals surface area contributed by atoms with Crippen molar-refractivity contribution in [1.29, 1.82) is 0 Å². The molecule has 0 unspecified atom stereocenters. The van der Waals surface area contributed by atoms with Crippen molar-refractivity contribution >= 4 is 22.8 Å². The predicted molar refractivity (Wildman–Crippen MR) is 139 cm³/mol. The topological polar surface area (TPSA) is 91.7 Å². The van der Waals surface area contributed by atoms with Gasteiger partial charge in [-0.1, -0.05) is 6.07 Å². The van der Waals surface area contributed by atoms with Gasteiger partial charge in [-0.25, -0.2) is 9.97 Å². The Balaban J connectivity index is 1.16. The SMILES string of the molecule is CCOc1ccc2nc(N3CCC(C(=O)N4CCC([C@@H](O)c5cccnc5)CC4)CC3)nc(C)c2c1. The number of nitrogens with zero attached hydrogens (tertiary/aromatic N) is 5. The van der Waals surface area contributed by atoms with Crippen LogP contribution in [0.1, 0.15) is 50.0 Å². The largest absolute Gasteiger partial charge is 0.494 e. The average Bonchev–Trinajstić information content (AvgIpc) is 2.93. The molecule has 1 N–H and O–H groups in total. The van der Waals surface area contributed by atoms with Gasteiger partial charge in [-0.05, 0) is 75.3 Å². The van der Waals surface area contributed by atoms with Crippen LogP contribution >= 0.6 is 0 Å². The van der Waals surface area contributed by atoms with E-state index in [1.165, 1.54) is 0 Å². The molecule has 190 valence electrons. The molecule has 8 nitrogen and oxygen atoms in total. The second kappa shape index (κ2) is 10.8. The number of amides is 1. The van der Waals surface area contributed by atoms with Crippen molar-refractivity contribution in [3.8, 4) is 5.75 Å². The molecule has 2 fully saturated rings. The van der Waals surface area contributed by atoms with Crippen LogP contribution < -0.4 is 9.64 Å². The van der Waals surface area contributed by atoms with Crippen LogP contribution in [0.5, 0.6) is 5.75 Å². The minimum atomic E-state index is -0.518. The maximum absolute atomic E-state index is 13.2. The van der Waals surface area contributed by atoms with E-state index in [0.29, 0.717) is 19.7 Å². The highest BCUT2D eigenvalue weighted by atomic mass is 16.5. The van der Waals surface area contributed by atoms with Gasteiger partial charge in [-0.15, -0.1) is 0 Å². The fourth-order valence-corrected chi connectivity index (χ4v) is 5.49. The molecule has 1 aromatic carbocycles. The number of aryl methyl sites for hydroxylation is 1. The number of hydrogen-bond donors (Lipinski definition) is 1. The minimum absolute atomic E-state index is 0.0383. The maximum Gasteiger partial charge on any atom is 0.226 e. The molecule has 0 bridgehead atoms. The number of fused-ring (bicyclic) bond motifs is 1. The molecule has 4 heterocycles. The van der Waals surface area contributed by atoms with E-state index in [0.717, 1.165) is 72.6 Å². The highest BCUT2D eigenvalue weighted by Gasteiger charge is 2.33. The summed E-state index contributed by atoms with van der Waals surface area (Å²) in [7, 11) is 0. The number of aliphatic hydroxyl groups is 1. The fraction of sp³-hybridized carbons (Fsp3) is 0.500. The van der Waals surface area contributed by atoms with Gasteiger partial charge in [0.1, 0.15) is 5.75 Å². The number of piperidine rings is 2. The normalized spacial score (nSPS) is 18.4. The highest BCUT2D eigenvalue weighted by Crippen LogP contribution is 2.32. The molecular formula is C28H35N5O3. The first-order chi connectivity index (χ1) is 17.5. The number of hydrogen-bond acceptors (Lipinski definition) is 7. The molecule has 0 radical (unpaired) electrons. The van der Waals surface area contributed by atoms with Crippen molar-refractivity contribution in [1.82, 2.24) is 19.9 Å². The summed E-state index contributed by atoms with van der Waals surface area (Å²) in [5, 5.41) is 11.7.